The van der Waals surface area contributed by atoms with Gasteiger partial charge in [-0.2, -0.15) is 0 Å². The molecule has 0 spiro atoms. The van der Waals surface area contributed by atoms with E-state index in [0.29, 0.717) is 5.56 Å². The second kappa shape index (κ2) is 4.21. The molecule has 1 heterocycles. The SMILES string of the molecule is C[Si](C)(C)C#Cc1cnc(Cl)c(F)c1N. The molecule has 0 radical (unpaired) electrons. The van der Waals surface area contributed by atoms with E-state index in [0.717, 1.165) is 0 Å². The first-order valence-corrected chi connectivity index (χ1v) is 8.32. The predicted molar refractivity (Wildman–Crippen MR) is 63.8 cm³/mol. The number of pyridine rings is 1. The zero-order chi connectivity index (χ0) is 11.6. The Hall–Kier alpha value is -1.05. The molecule has 0 atom stereocenters. The van der Waals surface area contributed by atoms with Crippen molar-refractivity contribution in [3.8, 4) is 11.5 Å². The Kier molecular flexibility index (Phi) is 3.37. The van der Waals surface area contributed by atoms with Crippen molar-refractivity contribution >= 4 is 25.4 Å². The highest BCUT2D eigenvalue weighted by atomic mass is 35.5. The van der Waals surface area contributed by atoms with Gasteiger partial charge in [-0.15, -0.1) is 5.54 Å². The maximum absolute atomic E-state index is 13.2. The van der Waals surface area contributed by atoms with Crippen molar-refractivity contribution in [2.24, 2.45) is 0 Å². The van der Waals surface area contributed by atoms with Gasteiger partial charge in [0, 0.05) is 6.20 Å². The van der Waals surface area contributed by atoms with E-state index in [1.54, 1.807) is 0 Å². The van der Waals surface area contributed by atoms with Gasteiger partial charge in [0.15, 0.2) is 11.0 Å². The molecule has 0 fully saturated rings. The van der Waals surface area contributed by atoms with Gasteiger partial charge in [-0.25, -0.2) is 9.37 Å². The number of halogens is 2. The second-order valence-electron chi connectivity index (χ2n) is 4.19. The van der Waals surface area contributed by atoms with E-state index < -0.39 is 13.9 Å². The van der Waals surface area contributed by atoms with Crippen LogP contribution in [0, 0.1) is 17.3 Å². The van der Waals surface area contributed by atoms with Crippen molar-refractivity contribution in [2.45, 2.75) is 19.6 Å². The van der Waals surface area contributed by atoms with E-state index in [2.05, 4.69) is 36.1 Å². The van der Waals surface area contributed by atoms with Crippen molar-refractivity contribution < 1.29 is 4.39 Å². The molecule has 2 N–H and O–H groups in total. The van der Waals surface area contributed by atoms with Gasteiger partial charge in [0.25, 0.3) is 0 Å². The number of rotatable bonds is 0. The van der Waals surface area contributed by atoms with E-state index in [4.69, 9.17) is 17.3 Å². The third kappa shape index (κ3) is 3.22. The molecule has 0 bridgehead atoms. The minimum absolute atomic E-state index is 0.0271. The minimum atomic E-state index is -1.49. The highest BCUT2D eigenvalue weighted by Gasteiger charge is 2.11. The minimum Gasteiger partial charge on any atom is -0.395 e. The van der Waals surface area contributed by atoms with Gasteiger partial charge in [-0.1, -0.05) is 37.2 Å². The summed E-state index contributed by atoms with van der Waals surface area (Å²) in [6.45, 7) is 6.28. The summed E-state index contributed by atoms with van der Waals surface area (Å²) >= 11 is 5.47. The Morgan fingerprint density at radius 1 is 1.47 bits per heavy atom. The molecular formula is C10H12ClFN2Si. The van der Waals surface area contributed by atoms with Gasteiger partial charge in [0.2, 0.25) is 0 Å². The average molecular weight is 243 g/mol. The third-order valence-electron chi connectivity index (χ3n) is 1.59. The lowest BCUT2D eigenvalue weighted by Crippen LogP contribution is -2.16. The molecule has 80 valence electrons. The van der Waals surface area contributed by atoms with Gasteiger partial charge in [0.1, 0.15) is 8.07 Å². The van der Waals surface area contributed by atoms with E-state index in [9.17, 15) is 4.39 Å². The van der Waals surface area contributed by atoms with Crippen LogP contribution in [0.25, 0.3) is 0 Å². The van der Waals surface area contributed by atoms with Crippen molar-refractivity contribution in [1.29, 1.82) is 0 Å². The molecular weight excluding hydrogens is 231 g/mol. The average Bonchev–Trinajstić information content (AvgIpc) is 2.12. The van der Waals surface area contributed by atoms with E-state index in [1.165, 1.54) is 6.20 Å². The van der Waals surface area contributed by atoms with Gasteiger partial charge in [0.05, 0.1) is 11.3 Å². The van der Waals surface area contributed by atoms with Crippen molar-refractivity contribution in [3.05, 3.63) is 22.7 Å². The molecule has 5 heteroatoms. The maximum atomic E-state index is 13.2. The number of hydrogen-bond acceptors (Lipinski definition) is 2. The third-order valence-corrected chi connectivity index (χ3v) is 2.73. The quantitative estimate of drug-likeness (QED) is 0.432. The van der Waals surface area contributed by atoms with E-state index in [-0.39, 0.29) is 10.8 Å². The van der Waals surface area contributed by atoms with Crippen LogP contribution in [0.2, 0.25) is 24.8 Å². The van der Waals surface area contributed by atoms with E-state index >= 15 is 0 Å². The molecule has 0 aliphatic heterocycles. The van der Waals surface area contributed by atoms with Crippen LogP contribution in [0.15, 0.2) is 6.20 Å². The monoisotopic (exact) mass is 242 g/mol. The fourth-order valence-corrected chi connectivity index (χ4v) is 1.49. The summed E-state index contributed by atoms with van der Waals surface area (Å²) in [5, 5.41) is -0.217. The number of nitrogens with two attached hydrogens (primary N) is 1. The van der Waals surface area contributed by atoms with Crippen LogP contribution >= 0.6 is 11.6 Å². The number of anilines is 1. The van der Waals surface area contributed by atoms with Gasteiger partial charge < -0.3 is 5.73 Å². The highest BCUT2D eigenvalue weighted by molar-refractivity contribution is 6.83. The summed E-state index contributed by atoms with van der Waals surface area (Å²) < 4.78 is 13.2. The second-order valence-corrected chi connectivity index (χ2v) is 9.30. The Morgan fingerprint density at radius 2 is 2.07 bits per heavy atom. The predicted octanol–water partition coefficient (Wildman–Crippen LogP) is 2.69. The molecule has 0 aliphatic rings. The van der Waals surface area contributed by atoms with Gasteiger partial charge >= 0.3 is 0 Å². The zero-order valence-corrected chi connectivity index (χ0v) is 10.6. The zero-order valence-electron chi connectivity index (χ0n) is 8.86. The molecule has 0 unspecified atom stereocenters. The van der Waals surface area contributed by atoms with Crippen molar-refractivity contribution in [2.75, 3.05) is 5.73 Å². The summed E-state index contributed by atoms with van der Waals surface area (Å²) in [5.41, 5.74) is 8.99. The first-order valence-electron chi connectivity index (χ1n) is 4.44. The molecule has 1 aromatic rings. The van der Waals surface area contributed by atoms with Crippen molar-refractivity contribution in [3.63, 3.8) is 0 Å². The number of hydrogen-bond donors (Lipinski definition) is 1. The van der Waals surface area contributed by atoms with Gasteiger partial charge in [-0.05, 0) is 0 Å². The molecule has 0 amide bonds. The molecule has 2 nitrogen and oxygen atoms in total. The number of nitrogens with zero attached hydrogens (tertiary/aromatic N) is 1. The van der Waals surface area contributed by atoms with Crippen LogP contribution in [0.5, 0.6) is 0 Å². The van der Waals surface area contributed by atoms with E-state index in [1.807, 2.05) is 0 Å². The topological polar surface area (TPSA) is 38.9 Å². The highest BCUT2D eigenvalue weighted by Crippen LogP contribution is 2.20. The van der Waals surface area contributed by atoms with Crippen LogP contribution < -0.4 is 5.73 Å². The largest absolute Gasteiger partial charge is 0.395 e. The Morgan fingerprint density at radius 3 is 2.60 bits per heavy atom. The molecule has 0 saturated heterocycles. The lowest BCUT2D eigenvalue weighted by molar-refractivity contribution is 0.626. The molecule has 0 saturated carbocycles. The molecule has 1 rings (SSSR count). The summed E-state index contributed by atoms with van der Waals surface area (Å²) in [7, 11) is -1.49. The van der Waals surface area contributed by atoms with Crippen molar-refractivity contribution in [1.82, 2.24) is 4.98 Å². The van der Waals surface area contributed by atoms with Crippen LogP contribution in [-0.2, 0) is 0 Å². The lowest BCUT2D eigenvalue weighted by Gasteiger charge is -2.04. The fourth-order valence-electron chi connectivity index (χ4n) is 0.831. The normalized spacial score (nSPS) is 10.7. The summed E-state index contributed by atoms with van der Waals surface area (Å²) in [6.07, 6.45) is 1.40. The van der Waals surface area contributed by atoms with Crippen LogP contribution in [-0.4, -0.2) is 13.1 Å². The lowest BCUT2D eigenvalue weighted by atomic mass is 10.2. The number of nitrogen functional groups attached to an aromatic ring is 1. The Balaban J connectivity index is 3.17. The number of aromatic nitrogens is 1. The molecule has 1 aromatic heterocycles. The molecule has 0 aromatic carbocycles. The smallest absolute Gasteiger partial charge is 0.184 e. The molecule has 0 aliphatic carbocycles. The van der Waals surface area contributed by atoms with Crippen LogP contribution in [0.3, 0.4) is 0 Å². The fraction of sp³-hybridized carbons (Fsp3) is 0.300. The standard InChI is InChI=1S/C10H12ClFN2Si/c1-15(2,3)5-4-7-6-14-10(11)8(12)9(7)13/h6H,1-3H3,(H2,13,14). The molecule has 15 heavy (non-hydrogen) atoms. The van der Waals surface area contributed by atoms with Crippen LogP contribution in [0.4, 0.5) is 10.1 Å². The summed E-state index contributed by atoms with van der Waals surface area (Å²) in [4.78, 5) is 3.66. The van der Waals surface area contributed by atoms with Crippen LogP contribution in [0.1, 0.15) is 5.56 Å². The first kappa shape index (κ1) is 12.0. The Bertz CT molecular complexity index is 443. The summed E-state index contributed by atoms with van der Waals surface area (Å²) in [6, 6.07) is 0. The maximum Gasteiger partial charge on any atom is 0.184 e. The summed E-state index contributed by atoms with van der Waals surface area (Å²) in [5.74, 6) is 2.15. The van der Waals surface area contributed by atoms with Gasteiger partial charge in [-0.3, -0.25) is 0 Å². The first-order chi connectivity index (χ1) is 6.81. The Labute approximate surface area is 94.7 Å².